The van der Waals surface area contributed by atoms with Gasteiger partial charge in [-0.3, -0.25) is 4.90 Å². The smallest absolute Gasteiger partial charge is 0.203 e. The van der Waals surface area contributed by atoms with Crippen molar-refractivity contribution in [2.45, 2.75) is 18.9 Å². The third-order valence-electron chi connectivity index (χ3n) is 5.42. The lowest BCUT2D eigenvalue weighted by molar-refractivity contribution is 0.227. The van der Waals surface area contributed by atoms with Gasteiger partial charge in [0, 0.05) is 12.6 Å². The second kappa shape index (κ2) is 8.61. The van der Waals surface area contributed by atoms with Gasteiger partial charge < -0.3 is 23.7 Å². The highest BCUT2D eigenvalue weighted by Gasteiger charge is 2.28. The number of rotatable bonds is 7. The van der Waals surface area contributed by atoms with Gasteiger partial charge in [0.05, 0.1) is 35.5 Å². The lowest BCUT2D eigenvalue weighted by Crippen LogP contribution is -2.33. The molecule has 2 aromatic carbocycles. The monoisotopic (exact) mass is 387 g/mol. The van der Waals surface area contributed by atoms with Crippen LogP contribution in [0.25, 0.3) is 0 Å². The summed E-state index contributed by atoms with van der Waals surface area (Å²) in [5, 5.41) is 0. The second-order valence-corrected chi connectivity index (χ2v) is 6.89. The van der Waals surface area contributed by atoms with Crippen LogP contribution < -0.4 is 23.7 Å². The van der Waals surface area contributed by atoms with Gasteiger partial charge in [-0.1, -0.05) is 0 Å². The van der Waals surface area contributed by atoms with Crippen molar-refractivity contribution in [1.82, 2.24) is 4.90 Å². The maximum Gasteiger partial charge on any atom is 0.203 e. The van der Waals surface area contributed by atoms with Crippen LogP contribution in [0.5, 0.6) is 28.7 Å². The van der Waals surface area contributed by atoms with Crippen LogP contribution in [-0.2, 0) is 12.8 Å². The van der Waals surface area contributed by atoms with E-state index in [0.717, 1.165) is 36.4 Å². The molecule has 1 aliphatic heterocycles. The molecule has 0 amide bonds. The van der Waals surface area contributed by atoms with Crippen molar-refractivity contribution in [3.63, 3.8) is 0 Å². The highest BCUT2D eigenvalue weighted by molar-refractivity contribution is 5.55. The van der Waals surface area contributed by atoms with Crippen molar-refractivity contribution in [3.8, 4) is 28.7 Å². The van der Waals surface area contributed by atoms with E-state index in [1.807, 2.05) is 12.1 Å². The third-order valence-corrected chi connectivity index (χ3v) is 5.42. The number of hydrogen-bond acceptors (Lipinski definition) is 6. The largest absolute Gasteiger partial charge is 0.493 e. The zero-order valence-electron chi connectivity index (χ0n) is 17.5. The minimum absolute atomic E-state index is 0.214. The Balaban J connectivity index is 2.01. The van der Waals surface area contributed by atoms with E-state index in [0.29, 0.717) is 17.2 Å². The molecule has 1 aliphatic rings. The van der Waals surface area contributed by atoms with Gasteiger partial charge in [0.1, 0.15) is 0 Å². The van der Waals surface area contributed by atoms with Crippen LogP contribution in [0.15, 0.2) is 24.3 Å². The molecule has 0 unspecified atom stereocenters. The lowest BCUT2D eigenvalue weighted by Gasteiger charge is -2.35. The molecule has 3 rings (SSSR count). The zero-order chi connectivity index (χ0) is 20.3. The molecule has 6 heteroatoms. The Labute approximate surface area is 166 Å². The topological polar surface area (TPSA) is 49.4 Å². The lowest BCUT2D eigenvalue weighted by atomic mass is 9.88. The van der Waals surface area contributed by atoms with Crippen LogP contribution in [0.1, 0.15) is 22.7 Å². The van der Waals surface area contributed by atoms with Gasteiger partial charge in [0.2, 0.25) is 5.75 Å². The maximum absolute atomic E-state index is 5.54. The molecule has 1 atom stereocenters. The van der Waals surface area contributed by atoms with Gasteiger partial charge in [0.15, 0.2) is 23.0 Å². The molecule has 6 nitrogen and oxygen atoms in total. The van der Waals surface area contributed by atoms with Crippen LogP contribution in [0, 0.1) is 0 Å². The Morgan fingerprint density at radius 1 is 0.786 bits per heavy atom. The molecular weight excluding hydrogens is 358 g/mol. The van der Waals surface area contributed by atoms with E-state index in [1.165, 1.54) is 11.1 Å². The number of ether oxygens (including phenoxy) is 5. The first-order valence-electron chi connectivity index (χ1n) is 9.30. The first-order valence-corrected chi connectivity index (χ1v) is 9.30. The zero-order valence-corrected chi connectivity index (χ0v) is 17.5. The summed E-state index contributed by atoms with van der Waals surface area (Å²) in [6, 6.07) is 8.45. The average molecular weight is 387 g/mol. The van der Waals surface area contributed by atoms with Crippen LogP contribution in [-0.4, -0.2) is 54.0 Å². The summed E-state index contributed by atoms with van der Waals surface area (Å²) in [6.45, 7) is 0.984. The number of fused-ring (bicyclic) bond motifs is 1. The molecule has 0 saturated heterocycles. The van der Waals surface area contributed by atoms with Gasteiger partial charge in [0.25, 0.3) is 0 Å². The Morgan fingerprint density at radius 2 is 1.36 bits per heavy atom. The van der Waals surface area contributed by atoms with E-state index in [-0.39, 0.29) is 6.04 Å². The molecule has 0 spiro atoms. The fourth-order valence-electron chi connectivity index (χ4n) is 3.90. The Morgan fingerprint density at radius 3 is 1.89 bits per heavy atom. The Kier molecular flexibility index (Phi) is 6.19. The van der Waals surface area contributed by atoms with Gasteiger partial charge in [-0.15, -0.1) is 0 Å². The average Bonchev–Trinajstić information content (AvgIpc) is 2.73. The predicted molar refractivity (Wildman–Crippen MR) is 108 cm³/mol. The van der Waals surface area contributed by atoms with Gasteiger partial charge in [-0.25, -0.2) is 0 Å². The molecule has 0 N–H and O–H groups in total. The summed E-state index contributed by atoms with van der Waals surface area (Å²) in [5.74, 6) is 3.48. The van der Waals surface area contributed by atoms with Crippen molar-refractivity contribution in [3.05, 3.63) is 41.0 Å². The van der Waals surface area contributed by atoms with Crippen LogP contribution >= 0.6 is 0 Å². The van der Waals surface area contributed by atoms with Crippen molar-refractivity contribution in [2.24, 2.45) is 0 Å². The summed E-state index contributed by atoms with van der Waals surface area (Å²) >= 11 is 0. The molecule has 0 radical (unpaired) electrons. The van der Waals surface area contributed by atoms with Crippen molar-refractivity contribution >= 4 is 0 Å². The SMILES string of the molecule is COc1cc2c(cc1OC)[C@@H](Cc1cc(OC)c(OC)c(OC)c1)N(C)CC2. The highest BCUT2D eigenvalue weighted by atomic mass is 16.5. The number of benzene rings is 2. The van der Waals surface area contributed by atoms with Gasteiger partial charge >= 0.3 is 0 Å². The fraction of sp³-hybridized carbons (Fsp3) is 0.455. The van der Waals surface area contributed by atoms with Crippen LogP contribution in [0.4, 0.5) is 0 Å². The summed E-state index contributed by atoms with van der Waals surface area (Å²) in [6.07, 6.45) is 1.80. The molecule has 2 aromatic rings. The van der Waals surface area contributed by atoms with E-state index in [1.54, 1.807) is 35.5 Å². The maximum atomic E-state index is 5.54. The first kappa shape index (κ1) is 20.1. The van der Waals surface area contributed by atoms with E-state index in [9.17, 15) is 0 Å². The molecule has 28 heavy (non-hydrogen) atoms. The van der Waals surface area contributed by atoms with Crippen LogP contribution in [0.3, 0.4) is 0 Å². The minimum atomic E-state index is 0.214. The molecular formula is C22H29NO5. The first-order chi connectivity index (χ1) is 13.6. The summed E-state index contributed by atoms with van der Waals surface area (Å²) in [5.41, 5.74) is 3.68. The summed E-state index contributed by atoms with van der Waals surface area (Å²) in [4.78, 5) is 2.37. The van der Waals surface area contributed by atoms with Crippen molar-refractivity contribution in [2.75, 3.05) is 49.1 Å². The Hall–Kier alpha value is -2.60. The molecule has 0 fully saturated rings. The molecule has 0 bridgehead atoms. The third kappa shape index (κ3) is 3.69. The molecule has 0 aromatic heterocycles. The molecule has 0 saturated carbocycles. The van der Waals surface area contributed by atoms with E-state index >= 15 is 0 Å². The second-order valence-electron chi connectivity index (χ2n) is 6.89. The number of nitrogens with zero attached hydrogens (tertiary/aromatic N) is 1. The number of hydrogen-bond donors (Lipinski definition) is 0. The predicted octanol–water partition coefficient (Wildman–Crippen LogP) is 3.50. The van der Waals surface area contributed by atoms with Crippen molar-refractivity contribution in [1.29, 1.82) is 0 Å². The van der Waals surface area contributed by atoms with Crippen LogP contribution in [0.2, 0.25) is 0 Å². The summed E-state index contributed by atoms with van der Waals surface area (Å²) < 4.78 is 27.5. The van der Waals surface area contributed by atoms with Crippen molar-refractivity contribution < 1.29 is 23.7 Å². The van der Waals surface area contributed by atoms with Gasteiger partial charge in [-0.2, -0.15) is 0 Å². The van der Waals surface area contributed by atoms with Gasteiger partial charge in [-0.05, 0) is 60.8 Å². The number of methoxy groups -OCH3 is 5. The Bertz CT molecular complexity index is 811. The molecule has 0 aliphatic carbocycles. The normalized spacial score (nSPS) is 16.3. The van der Waals surface area contributed by atoms with E-state index in [4.69, 9.17) is 23.7 Å². The number of likely N-dealkylation sites (N-methyl/N-ethyl adjacent to an activating group) is 1. The minimum Gasteiger partial charge on any atom is -0.493 e. The van der Waals surface area contributed by atoms with E-state index < -0.39 is 0 Å². The molecule has 152 valence electrons. The standard InChI is InChI=1S/C22H29NO5/c1-23-8-7-15-12-18(24-2)19(25-3)13-16(15)17(23)9-14-10-20(26-4)22(28-6)21(11-14)27-5/h10-13,17H,7-9H2,1-6H3/t17-/m1/s1. The highest BCUT2D eigenvalue weighted by Crippen LogP contribution is 2.42. The quantitative estimate of drug-likeness (QED) is 0.725. The molecule has 1 heterocycles. The summed E-state index contributed by atoms with van der Waals surface area (Å²) in [7, 11) is 10.4. The fourth-order valence-corrected chi connectivity index (χ4v) is 3.90. The van der Waals surface area contributed by atoms with E-state index in [2.05, 4.69) is 24.1 Å².